The molecule has 14 heavy (non-hydrogen) atoms. The number of aromatic nitrogens is 2. The molecular weight excluding hydrogens is 221 g/mol. The highest BCUT2D eigenvalue weighted by molar-refractivity contribution is 6.31. The third kappa shape index (κ3) is 2.42. The van der Waals surface area contributed by atoms with E-state index in [4.69, 9.17) is 28.9 Å². The van der Waals surface area contributed by atoms with E-state index in [9.17, 15) is 0 Å². The largest absolute Gasteiger partial charge is 0.381 e. The third-order valence-corrected chi connectivity index (χ3v) is 2.57. The normalized spacial score (nSPS) is 10.4. The van der Waals surface area contributed by atoms with Crippen molar-refractivity contribution in [3.05, 3.63) is 17.6 Å². The second-order valence-corrected chi connectivity index (χ2v) is 3.63. The van der Waals surface area contributed by atoms with Crippen LogP contribution in [0.3, 0.4) is 0 Å². The van der Waals surface area contributed by atoms with E-state index < -0.39 is 0 Å². The minimum Gasteiger partial charge on any atom is -0.381 e. The lowest BCUT2D eigenvalue weighted by atomic mass is 10.3. The molecular formula is C9H13Cl2N3. The molecule has 0 aliphatic heterocycles. The van der Waals surface area contributed by atoms with Gasteiger partial charge in [-0.1, -0.05) is 18.2 Å². The molecule has 0 bridgehead atoms. The standard InChI is InChI=1S/C9H13Cl2N3/c1-2-7-13-9(12)8(11)14(7)6-4-3-5-10/h2H,1,3-6,12H2. The highest BCUT2D eigenvalue weighted by Gasteiger charge is 2.09. The van der Waals surface area contributed by atoms with E-state index >= 15 is 0 Å². The fourth-order valence-corrected chi connectivity index (χ4v) is 1.60. The molecule has 0 unspecified atom stereocenters. The zero-order chi connectivity index (χ0) is 10.6. The van der Waals surface area contributed by atoms with Crippen molar-refractivity contribution in [3.63, 3.8) is 0 Å². The molecule has 3 nitrogen and oxygen atoms in total. The van der Waals surface area contributed by atoms with Gasteiger partial charge in [0, 0.05) is 12.4 Å². The summed E-state index contributed by atoms with van der Waals surface area (Å²) >= 11 is 11.6. The second kappa shape index (κ2) is 5.27. The van der Waals surface area contributed by atoms with Crippen molar-refractivity contribution < 1.29 is 0 Å². The van der Waals surface area contributed by atoms with Gasteiger partial charge >= 0.3 is 0 Å². The lowest BCUT2D eigenvalue weighted by Crippen LogP contribution is -2.01. The Hall–Kier alpha value is -0.670. The summed E-state index contributed by atoms with van der Waals surface area (Å²) in [6.07, 6.45) is 3.55. The van der Waals surface area contributed by atoms with E-state index in [1.54, 1.807) is 6.08 Å². The van der Waals surface area contributed by atoms with Crippen molar-refractivity contribution in [1.29, 1.82) is 0 Å². The molecule has 0 saturated carbocycles. The Morgan fingerprint density at radius 1 is 1.50 bits per heavy atom. The van der Waals surface area contributed by atoms with Gasteiger partial charge in [-0.05, 0) is 18.9 Å². The number of alkyl halides is 1. The van der Waals surface area contributed by atoms with Crippen LogP contribution in [-0.2, 0) is 6.54 Å². The average molecular weight is 234 g/mol. The summed E-state index contributed by atoms with van der Waals surface area (Å²) in [6, 6.07) is 0. The van der Waals surface area contributed by atoms with E-state index in [0.717, 1.165) is 19.4 Å². The molecule has 0 spiro atoms. The molecule has 1 aromatic heterocycles. The van der Waals surface area contributed by atoms with Gasteiger partial charge in [0.05, 0.1) is 0 Å². The first-order valence-corrected chi connectivity index (χ1v) is 5.31. The van der Waals surface area contributed by atoms with Crippen LogP contribution < -0.4 is 5.73 Å². The summed E-state index contributed by atoms with van der Waals surface area (Å²) in [5.74, 6) is 1.72. The first-order chi connectivity index (χ1) is 6.70. The fourth-order valence-electron chi connectivity index (χ4n) is 1.20. The van der Waals surface area contributed by atoms with E-state index in [1.165, 1.54) is 0 Å². The topological polar surface area (TPSA) is 43.8 Å². The summed E-state index contributed by atoms with van der Waals surface area (Å²) in [4.78, 5) is 4.07. The number of rotatable bonds is 5. The van der Waals surface area contributed by atoms with Crippen LogP contribution in [0.15, 0.2) is 6.58 Å². The molecule has 0 aromatic carbocycles. The number of nitrogens with two attached hydrogens (primary N) is 1. The van der Waals surface area contributed by atoms with Crippen LogP contribution in [0, 0.1) is 0 Å². The maximum Gasteiger partial charge on any atom is 0.161 e. The molecule has 1 rings (SSSR count). The number of imidazole rings is 1. The molecule has 1 heterocycles. The lowest BCUT2D eigenvalue weighted by molar-refractivity contribution is 0.630. The molecule has 0 saturated heterocycles. The van der Waals surface area contributed by atoms with Crippen LogP contribution in [0.2, 0.25) is 5.15 Å². The molecule has 0 aliphatic rings. The van der Waals surface area contributed by atoms with E-state index in [0.29, 0.717) is 22.7 Å². The summed E-state index contributed by atoms with van der Waals surface area (Å²) in [7, 11) is 0. The first-order valence-electron chi connectivity index (χ1n) is 4.40. The molecule has 0 amide bonds. The molecule has 5 heteroatoms. The Balaban J connectivity index is 2.77. The number of nitrogen functional groups attached to an aromatic ring is 1. The molecule has 2 N–H and O–H groups in total. The number of halogens is 2. The van der Waals surface area contributed by atoms with Gasteiger partial charge in [0.15, 0.2) is 11.0 Å². The Kier molecular flexibility index (Phi) is 4.29. The summed E-state index contributed by atoms with van der Waals surface area (Å²) in [5.41, 5.74) is 5.58. The summed E-state index contributed by atoms with van der Waals surface area (Å²) in [5, 5.41) is 0.481. The van der Waals surface area contributed by atoms with Crippen molar-refractivity contribution in [2.75, 3.05) is 11.6 Å². The van der Waals surface area contributed by atoms with E-state index in [1.807, 2.05) is 4.57 Å². The van der Waals surface area contributed by atoms with Gasteiger partial charge in [0.2, 0.25) is 0 Å². The number of hydrogen-bond acceptors (Lipinski definition) is 2. The predicted molar refractivity (Wildman–Crippen MR) is 61.7 cm³/mol. The highest BCUT2D eigenvalue weighted by atomic mass is 35.5. The fraction of sp³-hybridized carbons (Fsp3) is 0.444. The van der Waals surface area contributed by atoms with E-state index in [-0.39, 0.29) is 0 Å². The van der Waals surface area contributed by atoms with Crippen LogP contribution in [-0.4, -0.2) is 15.4 Å². The SMILES string of the molecule is C=Cc1nc(N)c(Cl)n1CCCCCl. The Morgan fingerprint density at radius 2 is 2.21 bits per heavy atom. The third-order valence-electron chi connectivity index (χ3n) is 1.91. The van der Waals surface area contributed by atoms with Crippen LogP contribution in [0.5, 0.6) is 0 Å². The van der Waals surface area contributed by atoms with Gasteiger partial charge in [-0.3, -0.25) is 0 Å². The highest BCUT2D eigenvalue weighted by Crippen LogP contribution is 2.21. The van der Waals surface area contributed by atoms with Crippen molar-refractivity contribution in [1.82, 2.24) is 9.55 Å². The van der Waals surface area contributed by atoms with Gasteiger partial charge in [-0.25, -0.2) is 4.98 Å². The number of anilines is 1. The molecule has 0 radical (unpaired) electrons. The van der Waals surface area contributed by atoms with Gasteiger partial charge in [-0.15, -0.1) is 11.6 Å². The Labute approximate surface area is 93.5 Å². The van der Waals surface area contributed by atoms with Crippen molar-refractivity contribution >= 4 is 35.1 Å². The number of hydrogen-bond donors (Lipinski definition) is 1. The Bertz CT molecular complexity index is 320. The number of unbranched alkanes of at least 4 members (excludes halogenated alkanes) is 1. The van der Waals surface area contributed by atoms with Crippen LogP contribution in [0.1, 0.15) is 18.7 Å². The lowest BCUT2D eigenvalue weighted by Gasteiger charge is -2.05. The minimum absolute atomic E-state index is 0.354. The van der Waals surface area contributed by atoms with Crippen LogP contribution >= 0.6 is 23.2 Å². The average Bonchev–Trinajstić information content (AvgIpc) is 2.45. The van der Waals surface area contributed by atoms with Gasteiger partial charge in [0.1, 0.15) is 5.82 Å². The molecule has 78 valence electrons. The predicted octanol–water partition coefficient (Wildman–Crippen LogP) is 2.78. The number of nitrogens with zero attached hydrogens (tertiary/aromatic N) is 2. The van der Waals surface area contributed by atoms with Crippen molar-refractivity contribution in [2.45, 2.75) is 19.4 Å². The van der Waals surface area contributed by atoms with Gasteiger partial charge in [0.25, 0.3) is 0 Å². The zero-order valence-corrected chi connectivity index (χ0v) is 9.35. The molecule has 1 aromatic rings. The van der Waals surface area contributed by atoms with Crippen molar-refractivity contribution in [3.8, 4) is 0 Å². The summed E-state index contributed by atoms with van der Waals surface area (Å²) < 4.78 is 1.84. The van der Waals surface area contributed by atoms with Crippen molar-refractivity contribution in [2.24, 2.45) is 0 Å². The van der Waals surface area contributed by atoms with Crippen LogP contribution in [0.4, 0.5) is 5.82 Å². The van der Waals surface area contributed by atoms with Gasteiger partial charge in [-0.2, -0.15) is 0 Å². The zero-order valence-electron chi connectivity index (χ0n) is 7.84. The maximum atomic E-state index is 5.97. The summed E-state index contributed by atoms with van der Waals surface area (Å²) in [6.45, 7) is 4.43. The quantitative estimate of drug-likeness (QED) is 0.628. The Morgan fingerprint density at radius 3 is 2.79 bits per heavy atom. The molecule has 0 atom stereocenters. The first kappa shape index (κ1) is 11.4. The second-order valence-electron chi connectivity index (χ2n) is 2.90. The molecule has 0 fully saturated rings. The molecule has 0 aliphatic carbocycles. The maximum absolute atomic E-state index is 5.97. The van der Waals surface area contributed by atoms with E-state index in [2.05, 4.69) is 11.6 Å². The smallest absolute Gasteiger partial charge is 0.161 e. The van der Waals surface area contributed by atoms with Crippen LogP contribution in [0.25, 0.3) is 6.08 Å². The minimum atomic E-state index is 0.354. The van der Waals surface area contributed by atoms with Gasteiger partial charge < -0.3 is 10.3 Å². The monoisotopic (exact) mass is 233 g/mol.